The van der Waals surface area contributed by atoms with Gasteiger partial charge in [-0.2, -0.15) is 0 Å². The van der Waals surface area contributed by atoms with E-state index < -0.39 is 0 Å². The molecule has 1 aromatic carbocycles. The van der Waals surface area contributed by atoms with Crippen LogP contribution >= 0.6 is 0 Å². The molecule has 1 aliphatic heterocycles. The van der Waals surface area contributed by atoms with Gasteiger partial charge in [0, 0.05) is 48.5 Å². The van der Waals surface area contributed by atoms with E-state index in [0.29, 0.717) is 17.5 Å². The molecule has 2 heterocycles. The molecule has 140 valence electrons. The number of nitrogens with one attached hydrogen (secondary N) is 1. The first kappa shape index (κ1) is 18.5. The first-order valence-corrected chi connectivity index (χ1v) is 9.08. The largest absolute Gasteiger partial charge is 0.383 e. The summed E-state index contributed by atoms with van der Waals surface area (Å²) in [5.41, 5.74) is 2.15. The van der Waals surface area contributed by atoms with Crippen LogP contribution in [0, 0.1) is 23.0 Å². The van der Waals surface area contributed by atoms with Crippen LogP contribution in [0.15, 0.2) is 24.3 Å². The Labute approximate surface area is 153 Å². The van der Waals surface area contributed by atoms with Gasteiger partial charge in [-0.25, -0.2) is 4.98 Å². The van der Waals surface area contributed by atoms with Gasteiger partial charge in [-0.3, -0.25) is 15.0 Å². The number of ether oxygens (including phenoxy) is 1. The minimum Gasteiger partial charge on any atom is -0.383 e. The summed E-state index contributed by atoms with van der Waals surface area (Å²) < 4.78 is 5.47. The van der Waals surface area contributed by atoms with Crippen molar-refractivity contribution in [1.29, 1.82) is 0 Å². The van der Waals surface area contributed by atoms with E-state index in [-0.39, 0.29) is 10.6 Å². The molecular weight excluding hydrogens is 332 g/mol. The third-order valence-corrected chi connectivity index (χ3v) is 4.93. The number of fused-ring (bicyclic) bond motifs is 1. The molecule has 2 aromatic rings. The van der Waals surface area contributed by atoms with E-state index in [0.717, 1.165) is 49.6 Å². The van der Waals surface area contributed by atoms with Crippen LogP contribution in [0.3, 0.4) is 0 Å². The number of aryl methyl sites for hydroxylation is 1. The quantitative estimate of drug-likeness (QED) is 0.631. The van der Waals surface area contributed by atoms with E-state index in [2.05, 4.69) is 29.0 Å². The Morgan fingerprint density at radius 3 is 2.73 bits per heavy atom. The van der Waals surface area contributed by atoms with Crippen LogP contribution in [-0.4, -0.2) is 53.7 Å². The van der Waals surface area contributed by atoms with Gasteiger partial charge in [0.25, 0.3) is 5.69 Å². The van der Waals surface area contributed by atoms with Gasteiger partial charge in [-0.05, 0) is 18.9 Å². The summed E-state index contributed by atoms with van der Waals surface area (Å²) in [5.74, 6) is 0.490. The van der Waals surface area contributed by atoms with E-state index in [9.17, 15) is 10.1 Å². The van der Waals surface area contributed by atoms with E-state index in [4.69, 9.17) is 4.74 Å². The third kappa shape index (κ3) is 3.94. The van der Waals surface area contributed by atoms with Crippen LogP contribution in [0.25, 0.3) is 10.9 Å². The Kier molecular flexibility index (Phi) is 5.68. The molecule has 7 nitrogen and oxygen atoms in total. The minimum absolute atomic E-state index is 0.0443. The lowest BCUT2D eigenvalue weighted by Crippen LogP contribution is -2.49. The number of nitro benzene ring substituents is 1. The van der Waals surface area contributed by atoms with Crippen LogP contribution in [0.1, 0.15) is 19.5 Å². The van der Waals surface area contributed by atoms with Gasteiger partial charge in [0.2, 0.25) is 0 Å². The van der Waals surface area contributed by atoms with Gasteiger partial charge in [-0.1, -0.05) is 26.0 Å². The fourth-order valence-corrected chi connectivity index (χ4v) is 3.57. The fraction of sp³-hybridized carbons (Fsp3) is 0.526. The zero-order chi connectivity index (χ0) is 18.7. The van der Waals surface area contributed by atoms with Crippen LogP contribution < -0.4 is 5.32 Å². The van der Waals surface area contributed by atoms with Gasteiger partial charge in [0.05, 0.1) is 18.1 Å². The molecule has 1 N–H and O–H groups in total. The second-order valence-corrected chi connectivity index (χ2v) is 7.08. The summed E-state index contributed by atoms with van der Waals surface area (Å²) in [6.45, 7) is 10.5. The molecule has 1 atom stereocenters. The lowest BCUT2D eigenvalue weighted by molar-refractivity contribution is -0.383. The van der Waals surface area contributed by atoms with E-state index in [1.165, 1.54) is 6.07 Å². The molecule has 0 radical (unpaired) electrons. The average molecular weight is 358 g/mol. The highest BCUT2D eigenvalue weighted by atomic mass is 16.6. The van der Waals surface area contributed by atoms with E-state index in [1.54, 1.807) is 6.07 Å². The summed E-state index contributed by atoms with van der Waals surface area (Å²) in [6, 6.07) is 7.44. The number of pyridine rings is 1. The van der Waals surface area contributed by atoms with Crippen molar-refractivity contribution in [2.24, 2.45) is 5.92 Å². The second kappa shape index (κ2) is 7.97. The second-order valence-electron chi connectivity index (χ2n) is 7.08. The van der Waals surface area contributed by atoms with Gasteiger partial charge in [0.1, 0.15) is 0 Å². The van der Waals surface area contributed by atoms with Crippen molar-refractivity contribution in [2.45, 2.75) is 26.8 Å². The minimum atomic E-state index is -0.372. The molecule has 0 spiro atoms. The average Bonchev–Trinajstić information content (AvgIpc) is 2.61. The molecular formula is C19H26N4O3. The van der Waals surface area contributed by atoms with Gasteiger partial charge in [0.15, 0.2) is 5.52 Å². The summed E-state index contributed by atoms with van der Waals surface area (Å²) >= 11 is 0. The summed E-state index contributed by atoms with van der Waals surface area (Å²) in [7, 11) is 0. The van der Waals surface area contributed by atoms with Crippen LogP contribution in [-0.2, 0) is 4.74 Å². The first-order chi connectivity index (χ1) is 12.5. The number of aromatic nitrogens is 1. The Balaban J connectivity index is 1.88. The molecule has 26 heavy (non-hydrogen) atoms. The standard InChI is InChI=1S/C19H26N4O3/c1-13(2)18(22-7-9-26-10-8-22)12-20-16-11-14(3)21-19-15(16)5-4-6-17(19)23(24)25/h4-6,11,13,18H,7-10,12H2,1-3H3,(H,20,21). The number of hydrogen-bond donors (Lipinski definition) is 1. The Bertz CT molecular complexity index is 788. The monoisotopic (exact) mass is 358 g/mol. The van der Waals surface area contributed by atoms with Crippen molar-refractivity contribution in [2.75, 3.05) is 38.2 Å². The lowest BCUT2D eigenvalue weighted by atomic mass is 10.0. The number of hydrogen-bond acceptors (Lipinski definition) is 6. The van der Waals surface area contributed by atoms with Gasteiger partial charge >= 0.3 is 0 Å². The van der Waals surface area contributed by atoms with Crippen molar-refractivity contribution in [3.63, 3.8) is 0 Å². The zero-order valence-corrected chi connectivity index (χ0v) is 15.6. The molecule has 3 rings (SSSR count). The highest BCUT2D eigenvalue weighted by molar-refractivity contribution is 5.96. The molecule has 0 bridgehead atoms. The maximum atomic E-state index is 11.3. The van der Waals surface area contributed by atoms with Crippen molar-refractivity contribution < 1.29 is 9.66 Å². The molecule has 1 unspecified atom stereocenters. The Morgan fingerprint density at radius 2 is 2.08 bits per heavy atom. The molecule has 7 heteroatoms. The Hall–Kier alpha value is -2.25. The van der Waals surface area contributed by atoms with Crippen LogP contribution in [0.2, 0.25) is 0 Å². The van der Waals surface area contributed by atoms with Gasteiger partial charge in [-0.15, -0.1) is 0 Å². The predicted molar refractivity (Wildman–Crippen MR) is 103 cm³/mol. The number of non-ortho nitro benzene ring substituents is 1. The van der Waals surface area contributed by atoms with Crippen molar-refractivity contribution in [3.05, 3.63) is 40.1 Å². The number of anilines is 1. The molecule has 0 aliphatic carbocycles. The molecule has 1 aromatic heterocycles. The Morgan fingerprint density at radius 1 is 1.35 bits per heavy atom. The van der Waals surface area contributed by atoms with E-state index >= 15 is 0 Å². The number of nitrogens with zero attached hydrogens (tertiary/aromatic N) is 3. The molecule has 1 fully saturated rings. The number of morpholine rings is 1. The SMILES string of the molecule is Cc1cc(NCC(C(C)C)N2CCOCC2)c2cccc([N+](=O)[O-])c2n1. The number of benzene rings is 1. The van der Waals surface area contributed by atoms with Crippen LogP contribution in [0.4, 0.5) is 11.4 Å². The highest BCUT2D eigenvalue weighted by Gasteiger charge is 2.24. The molecule has 1 aliphatic rings. The normalized spacial score (nSPS) is 16.8. The maximum Gasteiger partial charge on any atom is 0.295 e. The molecule has 1 saturated heterocycles. The first-order valence-electron chi connectivity index (χ1n) is 9.08. The number of nitro groups is 1. The number of para-hydroxylation sites is 1. The molecule has 0 amide bonds. The van der Waals surface area contributed by atoms with Crippen molar-refractivity contribution in [1.82, 2.24) is 9.88 Å². The molecule has 0 saturated carbocycles. The van der Waals surface area contributed by atoms with Crippen molar-refractivity contribution >= 4 is 22.3 Å². The number of rotatable bonds is 6. The van der Waals surface area contributed by atoms with Crippen molar-refractivity contribution in [3.8, 4) is 0 Å². The smallest absolute Gasteiger partial charge is 0.295 e. The highest BCUT2D eigenvalue weighted by Crippen LogP contribution is 2.30. The lowest BCUT2D eigenvalue weighted by Gasteiger charge is -2.37. The van der Waals surface area contributed by atoms with Gasteiger partial charge < -0.3 is 10.1 Å². The summed E-state index contributed by atoms with van der Waals surface area (Å²) in [6.07, 6.45) is 0. The zero-order valence-electron chi connectivity index (χ0n) is 15.6. The maximum absolute atomic E-state index is 11.3. The van der Waals surface area contributed by atoms with E-state index in [1.807, 2.05) is 19.1 Å². The predicted octanol–water partition coefficient (Wildman–Crippen LogP) is 3.22. The topological polar surface area (TPSA) is 80.5 Å². The fourth-order valence-electron chi connectivity index (χ4n) is 3.57. The summed E-state index contributed by atoms with van der Waals surface area (Å²) in [5, 5.41) is 15.6. The summed E-state index contributed by atoms with van der Waals surface area (Å²) in [4.78, 5) is 17.8. The van der Waals surface area contributed by atoms with Crippen LogP contribution in [0.5, 0.6) is 0 Å². The third-order valence-electron chi connectivity index (χ3n) is 4.93.